The Morgan fingerprint density at radius 3 is 2.71 bits per heavy atom. The van der Waals surface area contributed by atoms with Crippen molar-refractivity contribution in [1.29, 1.82) is 5.41 Å². The number of allylic oxidation sites excluding steroid dienone is 2. The van der Waals surface area contributed by atoms with Gasteiger partial charge in [0.1, 0.15) is 0 Å². The molecular weight excluding hydrogens is 212 g/mol. The minimum atomic E-state index is 0.102. The van der Waals surface area contributed by atoms with Crippen LogP contribution in [-0.2, 0) is 0 Å². The first kappa shape index (κ1) is 13.5. The third-order valence-electron chi connectivity index (χ3n) is 3.08. The van der Waals surface area contributed by atoms with Crippen molar-refractivity contribution >= 4 is 6.21 Å². The minimum absolute atomic E-state index is 0.102. The molecule has 94 valence electrons. The number of piperidine rings is 1. The van der Waals surface area contributed by atoms with Gasteiger partial charge >= 0.3 is 0 Å². The molecule has 1 saturated heterocycles. The highest BCUT2D eigenvalue weighted by atomic mass is 15.2. The van der Waals surface area contributed by atoms with Crippen LogP contribution < -0.4 is 11.5 Å². The molecule has 4 nitrogen and oxygen atoms in total. The number of hydrogen-bond donors (Lipinski definition) is 3. The maximum atomic E-state index is 7.35. The van der Waals surface area contributed by atoms with Gasteiger partial charge in [-0.2, -0.15) is 0 Å². The Morgan fingerprint density at radius 2 is 2.18 bits per heavy atom. The maximum absolute atomic E-state index is 7.35. The fraction of sp³-hybridized carbons (Fsp3) is 0.462. The monoisotopic (exact) mass is 234 g/mol. The molecule has 2 unspecified atom stereocenters. The first-order valence-corrected chi connectivity index (χ1v) is 5.86. The number of nitrogens with two attached hydrogens (primary N) is 2. The zero-order chi connectivity index (χ0) is 12.8. The first-order valence-electron chi connectivity index (χ1n) is 5.86. The summed E-state index contributed by atoms with van der Waals surface area (Å²) in [5.74, 6) is 0.225. The van der Waals surface area contributed by atoms with Gasteiger partial charge in [-0.05, 0) is 31.2 Å². The number of hydrogen-bond acceptors (Lipinski definition) is 4. The molecule has 0 aromatic rings. The van der Waals surface area contributed by atoms with E-state index in [0.717, 1.165) is 30.8 Å². The van der Waals surface area contributed by atoms with Gasteiger partial charge in [0.25, 0.3) is 0 Å². The van der Waals surface area contributed by atoms with Gasteiger partial charge in [0, 0.05) is 37.0 Å². The summed E-state index contributed by atoms with van der Waals surface area (Å²) in [4.78, 5) is 2.16. The van der Waals surface area contributed by atoms with E-state index in [9.17, 15) is 0 Å². The second-order valence-corrected chi connectivity index (χ2v) is 4.40. The van der Waals surface area contributed by atoms with E-state index in [4.69, 9.17) is 16.9 Å². The lowest BCUT2D eigenvalue weighted by Crippen LogP contribution is -2.46. The number of likely N-dealkylation sites (tertiary alicyclic amines) is 1. The molecule has 5 N–H and O–H groups in total. The van der Waals surface area contributed by atoms with Crippen LogP contribution in [0.15, 0.2) is 36.2 Å². The zero-order valence-electron chi connectivity index (χ0n) is 10.4. The lowest BCUT2D eigenvalue weighted by Gasteiger charge is -2.38. The fourth-order valence-electron chi connectivity index (χ4n) is 2.21. The molecule has 0 amide bonds. The number of nitrogens with one attached hydrogen (secondary N) is 1. The van der Waals surface area contributed by atoms with Crippen LogP contribution in [0.3, 0.4) is 0 Å². The topological polar surface area (TPSA) is 79.1 Å². The van der Waals surface area contributed by atoms with E-state index in [2.05, 4.69) is 11.5 Å². The molecule has 0 aliphatic carbocycles. The Bertz CT molecular complexity index is 343. The van der Waals surface area contributed by atoms with Crippen LogP contribution in [0.4, 0.5) is 0 Å². The van der Waals surface area contributed by atoms with Crippen molar-refractivity contribution in [3.8, 4) is 0 Å². The molecular formula is C13H22N4. The van der Waals surface area contributed by atoms with Crippen molar-refractivity contribution in [2.24, 2.45) is 17.4 Å². The molecule has 1 rings (SSSR count). The minimum Gasteiger partial charge on any atom is -0.404 e. The standard InChI is InChI=1S/C13H22N4/c1-3-4-10(2)17-8-11(5-13(16)9-17)12(6-14)7-15/h3-4,6-7,11,13-14H,2,5,8-9,15-16H2,1H3/b4-3-,12-7+,14-6?. The third kappa shape index (κ3) is 3.46. The Hall–Kier alpha value is -1.55. The molecule has 1 fully saturated rings. The number of rotatable bonds is 4. The van der Waals surface area contributed by atoms with Crippen molar-refractivity contribution in [2.75, 3.05) is 13.1 Å². The molecule has 2 atom stereocenters. The van der Waals surface area contributed by atoms with Crippen molar-refractivity contribution in [3.05, 3.63) is 36.2 Å². The summed E-state index contributed by atoms with van der Waals surface area (Å²) in [7, 11) is 0. The summed E-state index contributed by atoms with van der Waals surface area (Å²) >= 11 is 0. The van der Waals surface area contributed by atoms with Gasteiger partial charge in [0.05, 0.1) is 0 Å². The van der Waals surface area contributed by atoms with Crippen LogP contribution >= 0.6 is 0 Å². The Morgan fingerprint density at radius 1 is 1.47 bits per heavy atom. The summed E-state index contributed by atoms with van der Waals surface area (Å²) in [6.45, 7) is 7.64. The molecule has 0 aromatic carbocycles. The van der Waals surface area contributed by atoms with E-state index in [1.165, 1.54) is 12.4 Å². The SMILES string of the molecule is C=C(/C=C\C)N1CC(N)CC(/C(C=N)=C/N)C1. The molecule has 1 heterocycles. The molecule has 1 aliphatic heterocycles. The van der Waals surface area contributed by atoms with Crippen molar-refractivity contribution in [2.45, 2.75) is 19.4 Å². The molecule has 1 aliphatic rings. The third-order valence-corrected chi connectivity index (χ3v) is 3.08. The van der Waals surface area contributed by atoms with E-state index in [-0.39, 0.29) is 12.0 Å². The predicted octanol–water partition coefficient (Wildman–Crippen LogP) is 1.22. The largest absolute Gasteiger partial charge is 0.404 e. The average Bonchev–Trinajstić information content (AvgIpc) is 2.30. The van der Waals surface area contributed by atoms with Crippen LogP contribution in [-0.4, -0.2) is 30.2 Å². The normalized spacial score (nSPS) is 26.2. The lowest BCUT2D eigenvalue weighted by molar-refractivity contribution is 0.224. The first-order chi connectivity index (χ1) is 8.12. The van der Waals surface area contributed by atoms with Crippen molar-refractivity contribution in [1.82, 2.24) is 4.90 Å². The van der Waals surface area contributed by atoms with Gasteiger partial charge in [0.15, 0.2) is 0 Å². The van der Waals surface area contributed by atoms with E-state index >= 15 is 0 Å². The summed E-state index contributed by atoms with van der Waals surface area (Å²) < 4.78 is 0. The summed E-state index contributed by atoms with van der Waals surface area (Å²) in [6.07, 6.45) is 7.64. The quantitative estimate of drug-likeness (QED) is 0.505. The van der Waals surface area contributed by atoms with Gasteiger partial charge in [-0.25, -0.2) is 0 Å². The molecule has 0 radical (unpaired) electrons. The van der Waals surface area contributed by atoms with Gasteiger partial charge < -0.3 is 21.8 Å². The second-order valence-electron chi connectivity index (χ2n) is 4.40. The lowest BCUT2D eigenvalue weighted by atomic mass is 9.88. The Balaban J connectivity index is 2.78. The maximum Gasteiger partial charge on any atom is 0.0330 e. The predicted molar refractivity (Wildman–Crippen MR) is 72.7 cm³/mol. The molecule has 0 spiro atoms. The smallest absolute Gasteiger partial charge is 0.0330 e. The second kappa shape index (κ2) is 6.25. The molecule has 0 saturated carbocycles. The van der Waals surface area contributed by atoms with Crippen molar-refractivity contribution in [3.63, 3.8) is 0 Å². The molecule has 4 heteroatoms. The molecule has 0 bridgehead atoms. The van der Waals surface area contributed by atoms with Gasteiger partial charge in [-0.15, -0.1) is 0 Å². The molecule has 0 aromatic heterocycles. The van der Waals surface area contributed by atoms with Gasteiger partial charge in [-0.1, -0.05) is 12.7 Å². The average molecular weight is 234 g/mol. The van der Waals surface area contributed by atoms with Crippen LogP contribution in [0.1, 0.15) is 13.3 Å². The van der Waals surface area contributed by atoms with Gasteiger partial charge in [-0.3, -0.25) is 0 Å². The highest BCUT2D eigenvalue weighted by Crippen LogP contribution is 2.24. The van der Waals surface area contributed by atoms with E-state index in [1.54, 1.807) is 0 Å². The van der Waals surface area contributed by atoms with Crippen LogP contribution in [0.2, 0.25) is 0 Å². The Kier molecular flexibility index (Phi) is 4.97. The van der Waals surface area contributed by atoms with Crippen LogP contribution in [0.5, 0.6) is 0 Å². The van der Waals surface area contributed by atoms with E-state index in [1.807, 2.05) is 19.1 Å². The summed E-state index contributed by atoms with van der Waals surface area (Å²) in [5, 5.41) is 7.35. The highest BCUT2D eigenvalue weighted by Gasteiger charge is 2.26. The number of nitrogens with zero attached hydrogens (tertiary/aromatic N) is 1. The van der Waals surface area contributed by atoms with E-state index < -0.39 is 0 Å². The van der Waals surface area contributed by atoms with E-state index in [0.29, 0.717) is 0 Å². The fourth-order valence-corrected chi connectivity index (χ4v) is 2.21. The summed E-state index contributed by atoms with van der Waals surface area (Å²) in [5.41, 5.74) is 13.4. The highest BCUT2D eigenvalue weighted by molar-refractivity contribution is 5.76. The van der Waals surface area contributed by atoms with Crippen LogP contribution in [0, 0.1) is 11.3 Å². The van der Waals surface area contributed by atoms with Crippen molar-refractivity contribution < 1.29 is 0 Å². The Labute approximate surface area is 103 Å². The zero-order valence-corrected chi connectivity index (χ0v) is 10.4. The molecule has 17 heavy (non-hydrogen) atoms. The van der Waals surface area contributed by atoms with Crippen LogP contribution in [0.25, 0.3) is 0 Å². The van der Waals surface area contributed by atoms with Gasteiger partial charge in [0.2, 0.25) is 0 Å². The summed E-state index contributed by atoms with van der Waals surface area (Å²) in [6, 6.07) is 0.102.